The fraction of sp³-hybridized carbons (Fsp3) is 0.167. The second kappa shape index (κ2) is 6.74. The highest BCUT2D eigenvalue weighted by molar-refractivity contribution is 6.33. The Balaban J connectivity index is 2.67. The molecule has 6 heteroatoms. The van der Waals surface area contributed by atoms with Crippen molar-refractivity contribution in [1.82, 2.24) is 0 Å². The number of esters is 1. The summed E-state index contributed by atoms with van der Waals surface area (Å²) in [6.07, 6.45) is 1.27. The van der Waals surface area contributed by atoms with E-state index in [2.05, 4.69) is 0 Å². The van der Waals surface area contributed by atoms with Gasteiger partial charge in [-0.3, -0.25) is 0 Å². The molecular formula is C12H9ClFNO3. The smallest absolute Gasteiger partial charge is 0.339 e. The molecule has 0 spiro atoms. The second-order valence-electron chi connectivity index (χ2n) is 3.22. The summed E-state index contributed by atoms with van der Waals surface area (Å²) in [6, 6.07) is 5.03. The Labute approximate surface area is 108 Å². The first-order valence-electron chi connectivity index (χ1n) is 4.90. The number of hydrogen-bond donors (Lipinski definition) is 1. The summed E-state index contributed by atoms with van der Waals surface area (Å²) < 4.78 is 17.5. The fourth-order valence-corrected chi connectivity index (χ4v) is 1.34. The molecule has 18 heavy (non-hydrogen) atoms. The average Bonchev–Trinajstić information content (AvgIpc) is 2.34. The number of aliphatic hydroxyl groups is 1. The zero-order valence-corrected chi connectivity index (χ0v) is 9.95. The molecule has 1 rings (SSSR count). The third kappa shape index (κ3) is 3.84. The number of carbonyl (C=O) groups excluding carboxylic acids is 1. The molecule has 1 aromatic rings. The molecule has 0 radical (unpaired) electrons. The van der Waals surface area contributed by atoms with Gasteiger partial charge >= 0.3 is 5.97 Å². The van der Waals surface area contributed by atoms with Crippen LogP contribution in [-0.2, 0) is 4.74 Å². The predicted molar refractivity (Wildman–Crippen MR) is 62.5 cm³/mol. The Morgan fingerprint density at radius 2 is 2.33 bits per heavy atom. The van der Waals surface area contributed by atoms with E-state index in [-0.39, 0.29) is 22.8 Å². The zero-order valence-electron chi connectivity index (χ0n) is 9.19. The van der Waals surface area contributed by atoms with Gasteiger partial charge in [0.25, 0.3) is 0 Å². The van der Waals surface area contributed by atoms with E-state index in [4.69, 9.17) is 26.7 Å². The van der Waals surface area contributed by atoms with Gasteiger partial charge in [0.15, 0.2) is 0 Å². The van der Waals surface area contributed by atoms with Gasteiger partial charge in [0, 0.05) is 0 Å². The Bertz CT molecular complexity index is 523. The molecule has 1 N–H and O–H groups in total. The number of halogens is 2. The topological polar surface area (TPSA) is 70.3 Å². The Morgan fingerprint density at radius 1 is 1.61 bits per heavy atom. The molecule has 0 aliphatic carbocycles. The third-order valence-electron chi connectivity index (χ3n) is 2.01. The minimum Gasteiger partial charge on any atom is -0.458 e. The highest BCUT2D eigenvalue weighted by Crippen LogP contribution is 2.18. The molecule has 0 aliphatic rings. The summed E-state index contributed by atoms with van der Waals surface area (Å²) in [5.41, 5.74) is 0.127. The highest BCUT2D eigenvalue weighted by Gasteiger charge is 2.11. The van der Waals surface area contributed by atoms with E-state index < -0.39 is 18.4 Å². The largest absolute Gasteiger partial charge is 0.458 e. The van der Waals surface area contributed by atoms with Gasteiger partial charge in [0.2, 0.25) is 0 Å². The van der Waals surface area contributed by atoms with Crippen molar-refractivity contribution >= 4 is 17.6 Å². The lowest BCUT2D eigenvalue weighted by atomic mass is 10.2. The number of nitrogens with zero attached hydrogens (tertiary/aromatic N) is 1. The molecule has 0 heterocycles. The second-order valence-corrected chi connectivity index (χ2v) is 3.63. The summed E-state index contributed by atoms with van der Waals surface area (Å²) in [7, 11) is 0. The van der Waals surface area contributed by atoms with Crippen LogP contribution in [-0.4, -0.2) is 24.3 Å². The maximum atomic E-state index is 12.8. The first-order valence-corrected chi connectivity index (χ1v) is 5.28. The van der Waals surface area contributed by atoms with Crippen LogP contribution in [0, 0.1) is 17.1 Å². The van der Waals surface area contributed by atoms with E-state index in [1.807, 2.05) is 0 Å². The van der Waals surface area contributed by atoms with Crippen LogP contribution in [0.2, 0.25) is 5.02 Å². The molecule has 0 aromatic heterocycles. The molecular weight excluding hydrogens is 261 g/mol. The lowest BCUT2D eigenvalue weighted by Gasteiger charge is -2.04. The molecule has 1 aromatic carbocycles. The van der Waals surface area contributed by atoms with Crippen LogP contribution < -0.4 is 0 Å². The highest BCUT2D eigenvalue weighted by atomic mass is 35.5. The van der Waals surface area contributed by atoms with Crippen LogP contribution in [0.4, 0.5) is 4.39 Å². The Kier molecular flexibility index (Phi) is 5.31. The molecule has 0 fully saturated rings. The number of benzene rings is 1. The number of hydrogen-bond acceptors (Lipinski definition) is 4. The van der Waals surface area contributed by atoms with Crippen LogP contribution in [0.1, 0.15) is 10.4 Å². The SMILES string of the molecule is N#C/C(=C\COC(=O)c1ccc(F)cc1Cl)CO. The maximum Gasteiger partial charge on any atom is 0.339 e. The number of nitriles is 1. The van der Waals surface area contributed by atoms with E-state index in [0.717, 1.165) is 12.1 Å². The standard InChI is InChI=1S/C12H9ClFNO3/c13-11-5-9(14)1-2-10(11)12(17)18-4-3-8(6-15)7-16/h1-3,5,16H,4,7H2/b8-3+. The summed E-state index contributed by atoms with van der Waals surface area (Å²) >= 11 is 5.67. The quantitative estimate of drug-likeness (QED) is 0.671. The molecule has 94 valence electrons. The van der Waals surface area contributed by atoms with Gasteiger partial charge in [-0.05, 0) is 24.3 Å². The predicted octanol–water partition coefficient (Wildman–Crippen LogP) is 2.08. The van der Waals surface area contributed by atoms with Crippen molar-refractivity contribution < 1.29 is 19.0 Å². The molecule has 0 unspecified atom stereocenters. The number of rotatable bonds is 4. The van der Waals surface area contributed by atoms with Crippen LogP contribution in [0.5, 0.6) is 0 Å². The van der Waals surface area contributed by atoms with Crippen LogP contribution >= 0.6 is 11.6 Å². The van der Waals surface area contributed by atoms with Crippen molar-refractivity contribution in [3.05, 3.63) is 46.3 Å². The van der Waals surface area contributed by atoms with E-state index in [9.17, 15) is 9.18 Å². The van der Waals surface area contributed by atoms with Crippen molar-refractivity contribution in [3.8, 4) is 6.07 Å². The van der Waals surface area contributed by atoms with Crippen molar-refractivity contribution in [3.63, 3.8) is 0 Å². The normalized spacial score (nSPS) is 10.9. The zero-order chi connectivity index (χ0) is 13.5. The summed E-state index contributed by atoms with van der Waals surface area (Å²) in [5, 5.41) is 17.1. The lowest BCUT2D eigenvalue weighted by Crippen LogP contribution is -2.06. The maximum absolute atomic E-state index is 12.8. The van der Waals surface area contributed by atoms with Crippen LogP contribution in [0.3, 0.4) is 0 Å². The van der Waals surface area contributed by atoms with E-state index in [0.29, 0.717) is 0 Å². The molecule has 0 aliphatic heterocycles. The van der Waals surface area contributed by atoms with E-state index in [1.54, 1.807) is 6.07 Å². The Hall–Kier alpha value is -1.90. The minimum absolute atomic E-state index is 0.0361. The van der Waals surface area contributed by atoms with Crippen LogP contribution in [0.25, 0.3) is 0 Å². The summed E-state index contributed by atoms with van der Waals surface area (Å²) in [6.45, 7) is -0.596. The molecule has 0 atom stereocenters. The monoisotopic (exact) mass is 269 g/mol. The summed E-state index contributed by atoms with van der Waals surface area (Å²) in [4.78, 5) is 11.5. The molecule has 0 amide bonds. The first kappa shape index (κ1) is 14.2. The van der Waals surface area contributed by atoms with Gasteiger partial charge in [-0.1, -0.05) is 11.6 Å². The fourth-order valence-electron chi connectivity index (χ4n) is 1.10. The lowest BCUT2D eigenvalue weighted by molar-refractivity contribution is 0.0548. The molecule has 0 saturated heterocycles. The Morgan fingerprint density at radius 3 is 2.89 bits per heavy atom. The van der Waals surface area contributed by atoms with Gasteiger partial charge in [-0.25, -0.2) is 9.18 Å². The van der Waals surface area contributed by atoms with Crippen molar-refractivity contribution in [1.29, 1.82) is 5.26 Å². The van der Waals surface area contributed by atoms with E-state index >= 15 is 0 Å². The van der Waals surface area contributed by atoms with E-state index in [1.165, 1.54) is 12.1 Å². The minimum atomic E-state index is -0.730. The van der Waals surface area contributed by atoms with Crippen molar-refractivity contribution in [2.24, 2.45) is 0 Å². The average molecular weight is 270 g/mol. The third-order valence-corrected chi connectivity index (χ3v) is 2.32. The van der Waals surface area contributed by atoms with Gasteiger partial charge in [0.05, 0.1) is 28.8 Å². The number of ether oxygens (including phenoxy) is 1. The molecule has 0 saturated carbocycles. The number of carbonyl (C=O) groups is 1. The van der Waals surface area contributed by atoms with Crippen molar-refractivity contribution in [2.45, 2.75) is 0 Å². The van der Waals surface area contributed by atoms with Crippen LogP contribution in [0.15, 0.2) is 29.8 Å². The number of aliphatic hydroxyl groups excluding tert-OH is 1. The van der Waals surface area contributed by atoms with Gasteiger partial charge < -0.3 is 9.84 Å². The summed E-state index contributed by atoms with van der Waals surface area (Å²) in [5.74, 6) is -1.28. The first-order chi connectivity index (χ1) is 8.58. The van der Waals surface area contributed by atoms with Gasteiger partial charge in [-0.15, -0.1) is 0 Å². The molecule has 4 nitrogen and oxygen atoms in total. The van der Waals surface area contributed by atoms with Crippen molar-refractivity contribution in [2.75, 3.05) is 13.2 Å². The van der Waals surface area contributed by atoms with Gasteiger partial charge in [0.1, 0.15) is 12.4 Å². The van der Waals surface area contributed by atoms with Gasteiger partial charge in [-0.2, -0.15) is 5.26 Å². The molecule has 0 bridgehead atoms.